The van der Waals surface area contributed by atoms with E-state index in [-0.39, 0.29) is 5.75 Å². The van der Waals surface area contributed by atoms with Crippen molar-refractivity contribution < 1.29 is 26.3 Å². The number of aromatic nitrogens is 1. The largest absolute Gasteiger partial charge is 0.573 e. The monoisotopic (exact) mass is 437 g/mol. The molecular weight excluding hydrogens is 419 g/mol. The van der Waals surface area contributed by atoms with Gasteiger partial charge in [0.25, 0.3) is 0 Å². The smallest absolute Gasteiger partial charge is 0.406 e. The highest BCUT2D eigenvalue weighted by atomic mass is 32.2. The highest BCUT2D eigenvalue weighted by molar-refractivity contribution is 7.90. The average molecular weight is 437 g/mol. The van der Waals surface area contributed by atoms with Crippen LogP contribution in [0.25, 0.3) is 22.2 Å². The molecule has 30 heavy (non-hydrogen) atoms. The van der Waals surface area contributed by atoms with Gasteiger partial charge in [0.05, 0.1) is 16.9 Å². The lowest BCUT2D eigenvalue weighted by Crippen LogP contribution is -2.33. The van der Waals surface area contributed by atoms with Crippen LogP contribution in [-0.4, -0.2) is 37.2 Å². The Morgan fingerprint density at radius 1 is 1.00 bits per heavy atom. The molecule has 0 bridgehead atoms. The van der Waals surface area contributed by atoms with Crippen molar-refractivity contribution in [1.29, 1.82) is 0 Å². The predicted molar refractivity (Wildman–Crippen MR) is 107 cm³/mol. The molecule has 1 aliphatic heterocycles. The lowest BCUT2D eigenvalue weighted by molar-refractivity contribution is -0.274. The van der Waals surface area contributed by atoms with Crippen molar-refractivity contribution in [2.24, 2.45) is 0 Å². The van der Waals surface area contributed by atoms with Crippen molar-refractivity contribution in [3.05, 3.63) is 54.6 Å². The third kappa shape index (κ3) is 4.49. The number of hydrogen-bond acceptors (Lipinski definition) is 4. The minimum Gasteiger partial charge on any atom is -0.406 e. The van der Waals surface area contributed by atoms with E-state index in [1.165, 1.54) is 22.5 Å². The molecule has 0 aliphatic carbocycles. The summed E-state index contributed by atoms with van der Waals surface area (Å²) in [6.45, 7) is 0.926. The standard InChI is InChI=1S/C20H18F3N3O3S/c21-20(22,23)29-16-7-3-6-15(13-16)17-10-9-14-5-4-8-18(19(14)24-17)25-30(27,28)26-11-1-2-12-26/h3-10,13,25H,1-2,11-12H2. The Balaban J connectivity index is 1.71. The van der Waals surface area contributed by atoms with Gasteiger partial charge in [0.1, 0.15) is 5.75 Å². The number of benzene rings is 2. The lowest BCUT2D eigenvalue weighted by atomic mass is 10.1. The first-order chi connectivity index (χ1) is 14.2. The maximum atomic E-state index is 12.6. The molecule has 0 radical (unpaired) electrons. The number of hydrogen-bond donors (Lipinski definition) is 1. The number of pyridine rings is 1. The van der Waals surface area contributed by atoms with Crippen LogP contribution in [0.3, 0.4) is 0 Å². The Morgan fingerprint density at radius 3 is 2.47 bits per heavy atom. The van der Waals surface area contributed by atoms with Gasteiger partial charge in [0.2, 0.25) is 0 Å². The zero-order valence-electron chi connectivity index (χ0n) is 15.7. The molecule has 1 fully saturated rings. The van der Waals surface area contributed by atoms with E-state index in [1.807, 2.05) is 0 Å². The van der Waals surface area contributed by atoms with Gasteiger partial charge < -0.3 is 4.74 Å². The van der Waals surface area contributed by atoms with Crippen LogP contribution in [-0.2, 0) is 10.2 Å². The predicted octanol–water partition coefficient (Wildman–Crippen LogP) is 4.55. The van der Waals surface area contributed by atoms with E-state index in [0.717, 1.165) is 12.8 Å². The molecular formula is C20H18F3N3O3S. The first-order valence-corrected chi connectivity index (χ1v) is 10.7. The summed E-state index contributed by atoms with van der Waals surface area (Å²) in [6, 6.07) is 14.0. The van der Waals surface area contributed by atoms with E-state index in [1.54, 1.807) is 36.4 Å². The Kier molecular flexibility index (Phi) is 5.29. The Morgan fingerprint density at radius 2 is 1.73 bits per heavy atom. The van der Waals surface area contributed by atoms with Crippen LogP contribution in [0, 0.1) is 0 Å². The fourth-order valence-corrected chi connectivity index (χ4v) is 4.69. The van der Waals surface area contributed by atoms with Crippen molar-refractivity contribution in [3.8, 4) is 17.0 Å². The van der Waals surface area contributed by atoms with Crippen LogP contribution < -0.4 is 9.46 Å². The van der Waals surface area contributed by atoms with E-state index in [9.17, 15) is 21.6 Å². The molecule has 1 N–H and O–H groups in total. The van der Waals surface area contributed by atoms with Gasteiger partial charge in [-0.15, -0.1) is 13.2 Å². The third-order valence-electron chi connectivity index (χ3n) is 4.73. The lowest BCUT2D eigenvalue weighted by Gasteiger charge is -2.18. The molecule has 0 saturated carbocycles. The second-order valence-electron chi connectivity index (χ2n) is 6.86. The van der Waals surface area contributed by atoms with E-state index in [0.29, 0.717) is 40.9 Å². The number of rotatable bonds is 5. The number of nitrogens with zero attached hydrogens (tertiary/aromatic N) is 2. The van der Waals surface area contributed by atoms with Crippen molar-refractivity contribution in [1.82, 2.24) is 9.29 Å². The van der Waals surface area contributed by atoms with Crippen LogP contribution in [0.15, 0.2) is 54.6 Å². The van der Waals surface area contributed by atoms with E-state index >= 15 is 0 Å². The quantitative estimate of drug-likeness (QED) is 0.636. The zero-order valence-corrected chi connectivity index (χ0v) is 16.5. The van der Waals surface area contributed by atoms with Crippen LogP contribution in [0.1, 0.15) is 12.8 Å². The number of anilines is 1. The molecule has 1 saturated heterocycles. The second kappa shape index (κ2) is 7.77. The molecule has 10 heteroatoms. The number of ether oxygens (including phenoxy) is 1. The molecule has 0 unspecified atom stereocenters. The molecule has 6 nitrogen and oxygen atoms in total. The minimum atomic E-state index is -4.80. The Hall–Kier alpha value is -2.85. The first kappa shape index (κ1) is 20.4. The van der Waals surface area contributed by atoms with Gasteiger partial charge in [-0.3, -0.25) is 4.72 Å². The van der Waals surface area contributed by atoms with Crippen LogP contribution in [0.5, 0.6) is 5.75 Å². The number of nitrogens with one attached hydrogen (secondary N) is 1. The highest BCUT2D eigenvalue weighted by Gasteiger charge is 2.31. The maximum absolute atomic E-state index is 12.6. The Labute approximate surface area is 171 Å². The van der Waals surface area contributed by atoms with Gasteiger partial charge >= 0.3 is 16.6 Å². The van der Waals surface area contributed by atoms with Crippen molar-refractivity contribution >= 4 is 26.8 Å². The fourth-order valence-electron chi connectivity index (χ4n) is 3.37. The molecule has 2 aromatic carbocycles. The fraction of sp³-hybridized carbons (Fsp3) is 0.250. The van der Waals surface area contributed by atoms with Crippen LogP contribution >= 0.6 is 0 Å². The van der Waals surface area contributed by atoms with Crippen molar-refractivity contribution in [2.75, 3.05) is 17.8 Å². The molecule has 1 aliphatic rings. The van der Waals surface area contributed by atoms with Crippen LogP contribution in [0.2, 0.25) is 0 Å². The molecule has 0 atom stereocenters. The molecule has 2 heterocycles. The summed E-state index contributed by atoms with van der Waals surface area (Å²) >= 11 is 0. The van der Waals surface area contributed by atoms with E-state index < -0.39 is 16.6 Å². The normalized spacial score (nSPS) is 15.4. The number of para-hydroxylation sites is 1. The zero-order chi connectivity index (χ0) is 21.4. The Bertz CT molecular complexity index is 1180. The summed E-state index contributed by atoms with van der Waals surface area (Å²) < 4.78 is 70.8. The van der Waals surface area contributed by atoms with Crippen molar-refractivity contribution in [3.63, 3.8) is 0 Å². The number of fused-ring (bicyclic) bond motifs is 1. The second-order valence-corrected chi connectivity index (χ2v) is 8.53. The summed E-state index contributed by atoms with van der Waals surface area (Å²) in [5, 5.41) is 0.697. The van der Waals surface area contributed by atoms with Gasteiger partial charge in [0.15, 0.2) is 0 Å². The summed E-state index contributed by atoms with van der Waals surface area (Å²) in [5.74, 6) is -0.357. The average Bonchev–Trinajstić information content (AvgIpc) is 3.22. The van der Waals surface area contributed by atoms with Crippen LogP contribution in [0.4, 0.5) is 18.9 Å². The summed E-state index contributed by atoms with van der Waals surface area (Å²) in [6.07, 6.45) is -3.17. The first-order valence-electron chi connectivity index (χ1n) is 9.25. The SMILES string of the molecule is O=S(=O)(Nc1cccc2ccc(-c3cccc(OC(F)(F)F)c3)nc12)N1CCCC1. The van der Waals surface area contributed by atoms with Crippen molar-refractivity contribution in [2.45, 2.75) is 19.2 Å². The molecule has 0 amide bonds. The maximum Gasteiger partial charge on any atom is 0.573 e. The summed E-state index contributed by atoms with van der Waals surface area (Å²) in [4.78, 5) is 4.51. The number of alkyl halides is 3. The summed E-state index contributed by atoms with van der Waals surface area (Å²) in [7, 11) is -3.71. The summed E-state index contributed by atoms with van der Waals surface area (Å²) in [5.41, 5.74) is 1.52. The van der Waals surface area contributed by atoms with Gasteiger partial charge in [-0.1, -0.05) is 30.3 Å². The molecule has 3 aromatic rings. The highest BCUT2D eigenvalue weighted by Crippen LogP contribution is 2.30. The minimum absolute atomic E-state index is 0.309. The number of halogens is 3. The molecule has 4 rings (SSSR count). The molecule has 158 valence electrons. The third-order valence-corrected chi connectivity index (χ3v) is 6.25. The molecule has 0 spiro atoms. The van der Waals surface area contributed by atoms with Gasteiger partial charge in [-0.2, -0.15) is 12.7 Å². The van der Waals surface area contributed by atoms with Gasteiger partial charge in [0, 0.05) is 24.0 Å². The van der Waals surface area contributed by atoms with E-state index in [4.69, 9.17) is 0 Å². The topological polar surface area (TPSA) is 71.5 Å². The van der Waals surface area contributed by atoms with Gasteiger partial charge in [-0.25, -0.2) is 4.98 Å². The van der Waals surface area contributed by atoms with Gasteiger partial charge in [-0.05, 0) is 37.1 Å². The molecule has 1 aromatic heterocycles. The van der Waals surface area contributed by atoms with E-state index in [2.05, 4.69) is 14.4 Å².